The van der Waals surface area contributed by atoms with E-state index in [2.05, 4.69) is 24.3 Å². The Morgan fingerprint density at radius 1 is 0.860 bits per heavy atom. The van der Waals surface area contributed by atoms with Crippen molar-refractivity contribution in [2.75, 3.05) is 19.8 Å². The lowest BCUT2D eigenvalue weighted by Crippen LogP contribution is -2.64. The second kappa shape index (κ2) is 10.5. The Morgan fingerprint density at radius 2 is 1.40 bits per heavy atom. The summed E-state index contributed by atoms with van der Waals surface area (Å²) in [6.07, 6.45) is 1.05. The number of fused-ring (bicyclic) bond motifs is 5. The zero-order chi connectivity index (χ0) is 30.0. The van der Waals surface area contributed by atoms with Gasteiger partial charge in [-0.3, -0.25) is 4.90 Å². The molecule has 7 nitrogen and oxygen atoms in total. The van der Waals surface area contributed by atoms with Crippen LogP contribution in [0, 0.1) is 0 Å². The Bertz CT molecular complexity index is 1450. The van der Waals surface area contributed by atoms with E-state index >= 15 is 0 Å². The molecule has 3 aromatic rings. The number of amides is 1. The minimum atomic E-state index is -0.939. The maximum absolute atomic E-state index is 13.6. The van der Waals surface area contributed by atoms with Crippen molar-refractivity contribution in [2.45, 2.75) is 81.8 Å². The molecule has 43 heavy (non-hydrogen) atoms. The Hall–Kier alpha value is -3.17. The molecule has 3 aromatic carbocycles. The van der Waals surface area contributed by atoms with E-state index in [1.54, 1.807) is 0 Å². The van der Waals surface area contributed by atoms with Gasteiger partial charge in [0, 0.05) is 12.3 Å². The first kappa shape index (κ1) is 28.6. The highest BCUT2D eigenvalue weighted by molar-refractivity contribution is 6.62. The number of rotatable bonds is 5. The third-order valence-corrected chi connectivity index (χ3v) is 10.2. The highest BCUT2D eigenvalue weighted by Gasteiger charge is 2.52. The molecular weight excluding hydrogens is 541 g/mol. The van der Waals surface area contributed by atoms with Crippen molar-refractivity contribution in [3.63, 3.8) is 0 Å². The molecule has 2 atom stereocenters. The molecular formula is C35H40BNO6. The molecule has 2 unspecified atom stereocenters. The van der Waals surface area contributed by atoms with Crippen molar-refractivity contribution < 1.29 is 28.7 Å². The van der Waals surface area contributed by atoms with Crippen molar-refractivity contribution in [2.24, 2.45) is 0 Å². The smallest absolute Gasteiger partial charge is 0.448 e. The summed E-state index contributed by atoms with van der Waals surface area (Å²) in [4.78, 5) is 15.4. The molecule has 2 bridgehead atoms. The minimum Gasteiger partial charge on any atom is -0.448 e. The van der Waals surface area contributed by atoms with Crippen LogP contribution in [0.15, 0.2) is 72.8 Å². The van der Waals surface area contributed by atoms with Gasteiger partial charge >= 0.3 is 13.2 Å². The highest BCUT2D eigenvalue weighted by atomic mass is 16.7. The van der Waals surface area contributed by atoms with Gasteiger partial charge in [0.05, 0.1) is 42.1 Å². The van der Waals surface area contributed by atoms with Crippen molar-refractivity contribution in [3.8, 4) is 11.1 Å². The summed E-state index contributed by atoms with van der Waals surface area (Å²) in [5, 5.41) is 11.8. The summed E-state index contributed by atoms with van der Waals surface area (Å²) in [6, 6.07) is 24.4. The fourth-order valence-corrected chi connectivity index (χ4v) is 7.34. The first-order valence-electron chi connectivity index (χ1n) is 15.4. The predicted molar refractivity (Wildman–Crippen MR) is 165 cm³/mol. The van der Waals surface area contributed by atoms with E-state index in [0.717, 1.165) is 11.0 Å². The number of ether oxygens (including phenoxy) is 2. The minimum absolute atomic E-state index is 0.00862. The van der Waals surface area contributed by atoms with Crippen molar-refractivity contribution in [3.05, 3.63) is 89.5 Å². The number of morpholine rings is 1. The van der Waals surface area contributed by atoms with Gasteiger partial charge in [-0.15, -0.1) is 0 Å². The molecule has 3 aliphatic heterocycles. The lowest BCUT2D eigenvalue weighted by molar-refractivity contribution is -0.132. The molecule has 0 spiro atoms. The fourth-order valence-electron chi connectivity index (χ4n) is 7.34. The molecule has 1 N–H and O–H groups in total. The Balaban J connectivity index is 1.01. The first-order valence-corrected chi connectivity index (χ1v) is 15.4. The quantitative estimate of drug-likeness (QED) is 0.424. The molecule has 3 saturated heterocycles. The van der Waals surface area contributed by atoms with Gasteiger partial charge in [0.1, 0.15) is 6.61 Å². The summed E-state index contributed by atoms with van der Waals surface area (Å²) < 4.78 is 24.3. The molecule has 7 rings (SSSR count). The molecule has 0 aromatic heterocycles. The van der Waals surface area contributed by atoms with Crippen LogP contribution in [0.4, 0.5) is 4.79 Å². The lowest BCUT2D eigenvalue weighted by atomic mass is 9.76. The maximum atomic E-state index is 13.6. The predicted octanol–water partition coefficient (Wildman–Crippen LogP) is 5.07. The topological polar surface area (TPSA) is 77.5 Å². The zero-order valence-electron chi connectivity index (χ0n) is 25.4. The maximum Gasteiger partial charge on any atom is 0.494 e. The van der Waals surface area contributed by atoms with E-state index in [0.29, 0.717) is 32.5 Å². The molecule has 0 saturated carbocycles. The molecule has 4 aliphatic rings. The highest BCUT2D eigenvalue weighted by Crippen LogP contribution is 2.45. The fraction of sp³-hybridized carbons (Fsp3) is 0.457. The zero-order valence-corrected chi connectivity index (χ0v) is 25.4. The molecule has 224 valence electrons. The van der Waals surface area contributed by atoms with E-state index in [4.69, 9.17) is 18.8 Å². The average Bonchev–Trinajstić information content (AvgIpc) is 3.40. The van der Waals surface area contributed by atoms with Crippen LogP contribution in [0.3, 0.4) is 0 Å². The summed E-state index contributed by atoms with van der Waals surface area (Å²) in [6.45, 7) is 9.26. The number of hydrogen-bond acceptors (Lipinski definition) is 6. The second-order valence-electron chi connectivity index (χ2n) is 13.7. The van der Waals surface area contributed by atoms with Gasteiger partial charge in [0.15, 0.2) is 0 Å². The number of piperidine rings is 1. The number of aliphatic hydroxyl groups is 1. The van der Waals surface area contributed by atoms with E-state index in [-0.39, 0.29) is 30.7 Å². The molecule has 1 amide bonds. The summed E-state index contributed by atoms with van der Waals surface area (Å²) in [7, 11) is -0.418. The average molecular weight is 582 g/mol. The molecule has 8 heteroatoms. The number of nitrogens with zero attached hydrogens (tertiary/aromatic N) is 1. The molecule has 1 aliphatic carbocycles. The Kier molecular flexibility index (Phi) is 6.97. The van der Waals surface area contributed by atoms with Crippen molar-refractivity contribution in [1.29, 1.82) is 0 Å². The lowest BCUT2D eigenvalue weighted by Gasteiger charge is -2.51. The van der Waals surface area contributed by atoms with Crippen molar-refractivity contribution >= 4 is 18.7 Å². The van der Waals surface area contributed by atoms with Gasteiger partial charge < -0.3 is 23.9 Å². The normalized spacial score (nSPS) is 27.1. The first-order chi connectivity index (χ1) is 20.5. The largest absolute Gasteiger partial charge is 0.494 e. The number of benzene rings is 3. The van der Waals surface area contributed by atoms with Gasteiger partial charge in [0.2, 0.25) is 0 Å². The third-order valence-electron chi connectivity index (χ3n) is 10.2. The second-order valence-corrected chi connectivity index (χ2v) is 13.7. The van der Waals surface area contributed by atoms with Crippen LogP contribution in [0.2, 0.25) is 0 Å². The van der Waals surface area contributed by atoms with Gasteiger partial charge in [-0.2, -0.15) is 0 Å². The van der Waals surface area contributed by atoms with Crippen LogP contribution in [0.1, 0.15) is 63.1 Å². The summed E-state index contributed by atoms with van der Waals surface area (Å²) in [5.74, 6) is 0.00862. The van der Waals surface area contributed by atoms with Crippen LogP contribution in [-0.4, -0.2) is 71.9 Å². The van der Waals surface area contributed by atoms with Crippen molar-refractivity contribution in [1.82, 2.24) is 4.90 Å². The van der Waals surface area contributed by atoms with E-state index in [1.165, 1.54) is 22.3 Å². The van der Waals surface area contributed by atoms with Crippen LogP contribution < -0.4 is 5.46 Å². The van der Waals surface area contributed by atoms with Crippen LogP contribution in [-0.2, 0) is 25.2 Å². The molecule has 3 fully saturated rings. The molecule has 0 radical (unpaired) electrons. The summed E-state index contributed by atoms with van der Waals surface area (Å²) in [5.41, 5.74) is 5.06. The monoisotopic (exact) mass is 581 g/mol. The molecule has 3 heterocycles. The van der Waals surface area contributed by atoms with Gasteiger partial charge in [0.25, 0.3) is 0 Å². The van der Waals surface area contributed by atoms with E-state index < -0.39 is 23.9 Å². The van der Waals surface area contributed by atoms with Gasteiger partial charge in [-0.1, -0.05) is 72.8 Å². The van der Waals surface area contributed by atoms with E-state index in [1.807, 2.05) is 81.1 Å². The van der Waals surface area contributed by atoms with Crippen LogP contribution in [0.5, 0.6) is 0 Å². The number of hydrogen-bond donors (Lipinski definition) is 1. The number of carbonyl (C=O) groups excluding carboxylic acids is 1. The summed E-state index contributed by atoms with van der Waals surface area (Å²) >= 11 is 0. The van der Waals surface area contributed by atoms with Gasteiger partial charge in [-0.05, 0) is 73.8 Å². The third kappa shape index (κ3) is 5.08. The standard InChI is InChI=1S/C35H40BNO6/c1-33(2)34(3,4)43-36(42-33)24-15-13-23(14-16-24)17-35(39)18-25-20-40-21-26(19-35)37(25)32(38)41-22-31-29-11-7-5-9-27(29)28-10-6-8-12-30(28)31/h5-16,25-26,31,39H,17-22H2,1-4H3. The van der Waals surface area contributed by atoms with E-state index in [9.17, 15) is 9.90 Å². The SMILES string of the molecule is CC1(C)OB(c2ccc(CC3(O)CC4COCC(C3)N4C(=O)OCC3c4ccccc4-c4ccccc43)cc2)OC1(C)C. The Labute approximate surface area is 254 Å². The van der Waals surface area contributed by atoms with Crippen LogP contribution in [0.25, 0.3) is 11.1 Å². The number of carbonyl (C=O) groups is 1. The Morgan fingerprint density at radius 3 is 1.95 bits per heavy atom. The van der Waals surface area contributed by atoms with Gasteiger partial charge in [-0.25, -0.2) is 4.79 Å². The van der Waals surface area contributed by atoms with Crippen LogP contribution >= 0.6 is 0 Å².